The summed E-state index contributed by atoms with van der Waals surface area (Å²) in [6, 6.07) is 0. The monoisotopic (exact) mass is 250 g/mol. The number of nitrogens with one attached hydrogen (secondary N) is 1. The molecule has 2 fully saturated rings. The molecular weight excluding hydrogens is 232 g/mol. The Morgan fingerprint density at radius 2 is 2.41 bits per heavy atom. The van der Waals surface area contributed by atoms with Gasteiger partial charge >= 0.3 is 0 Å². The van der Waals surface area contributed by atoms with E-state index in [9.17, 15) is 4.79 Å². The van der Waals surface area contributed by atoms with Gasteiger partial charge in [-0.05, 0) is 43.9 Å². The number of carbonyl (C=O) groups excluding carboxylic acids is 1. The average Bonchev–Trinajstić information content (AvgIpc) is 2.95. The topological polar surface area (TPSA) is 42.0 Å². The third-order valence-electron chi connectivity index (χ3n) is 4.20. The summed E-state index contributed by atoms with van der Waals surface area (Å²) in [5.74, 6) is 2.52. The maximum Gasteiger partial charge on any atom is 0.226 e. The van der Waals surface area contributed by atoms with Gasteiger partial charge in [-0.1, -0.05) is 6.42 Å². The van der Waals surface area contributed by atoms with Gasteiger partial charge < -0.3 is 5.32 Å². The van der Waals surface area contributed by atoms with Crippen molar-refractivity contribution in [3.63, 3.8) is 0 Å². The van der Waals surface area contributed by atoms with Gasteiger partial charge in [0.2, 0.25) is 5.91 Å². The van der Waals surface area contributed by atoms with Gasteiger partial charge in [0.05, 0.1) is 5.69 Å². The lowest BCUT2D eigenvalue weighted by atomic mass is 9.86. The maximum atomic E-state index is 11.9. The predicted molar refractivity (Wildman–Crippen MR) is 69.0 cm³/mol. The largest absolute Gasteiger partial charge is 0.302 e. The quantitative estimate of drug-likeness (QED) is 0.895. The molecule has 1 N–H and O–H groups in total. The minimum atomic E-state index is 0.150. The molecule has 17 heavy (non-hydrogen) atoms. The van der Waals surface area contributed by atoms with E-state index in [2.05, 4.69) is 10.3 Å². The van der Waals surface area contributed by atoms with E-state index < -0.39 is 0 Å². The zero-order chi connectivity index (χ0) is 11.8. The molecule has 1 heterocycles. The Morgan fingerprint density at radius 1 is 1.53 bits per heavy atom. The number of anilines is 1. The molecule has 3 nitrogen and oxygen atoms in total. The zero-order valence-corrected chi connectivity index (χ0v) is 10.9. The molecule has 0 aromatic carbocycles. The fourth-order valence-electron chi connectivity index (χ4n) is 3.45. The molecule has 3 rings (SSSR count). The first-order valence-electron chi connectivity index (χ1n) is 6.42. The molecule has 3 atom stereocenters. The molecule has 2 aliphatic rings. The Labute approximate surface area is 106 Å². The molecule has 1 amide bonds. The van der Waals surface area contributed by atoms with Crippen molar-refractivity contribution in [2.45, 2.75) is 39.0 Å². The van der Waals surface area contributed by atoms with Crippen molar-refractivity contribution >= 4 is 22.4 Å². The van der Waals surface area contributed by atoms with Crippen molar-refractivity contribution in [2.75, 3.05) is 5.32 Å². The third-order valence-corrected chi connectivity index (χ3v) is 5.07. The summed E-state index contributed by atoms with van der Waals surface area (Å²) in [5.41, 5.74) is 0.977. The normalized spacial score (nSPS) is 30.8. The van der Waals surface area contributed by atoms with Crippen LogP contribution in [0.25, 0.3) is 0 Å². The first-order chi connectivity index (χ1) is 8.20. The van der Waals surface area contributed by atoms with Crippen molar-refractivity contribution in [1.82, 2.24) is 4.98 Å². The highest BCUT2D eigenvalue weighted by Crippen LogP contribution is 2.49. The lowest BCUT2D eigenvalue weighted by Crippen LogP contribution is -2.20. The van der Waals surface area contributed by atoms with Crippen LogP contribution in [-0.2, 0) is 4.79 Å². The van der Waals surface area contributed by atoms with E-state index in [1.807, 2.05) is 12.3 Å². The number of hydrogen-bond acceptors (Lipinski definition) is 3. The smallest absolute Gasteiger partial charge is 0.226 e. The fraction of sp³-hybridized carbons (Fsp3) is 0.692. The lowest BCUT2D eigenvalue weighted by molar-refractivity contribution is -0.117. The molecule has 0 spiro atoms. The number of fused-ring (bicyclic) bond motifs is 2. The highest BCUT2D eigenvalue weighted by molar-refractivity contribution is 7.13. The first-order valence-corrected chi connectivity index (χ1v) is 7.30. The summed E-state index contributed by atoms with van der Waals surface area (Å²) in [5, 5.41) is 5.63. The number of amides is 1. The van der Waals surface area contributed by atoms with Crippen LogP contribution in [0, 0.1) is 24.7 Å². The van der Waals surface area contributed by atoms with Gasteiger partial charge in [0.25, 0.3) is 0 Å². The maximum absolute atomic E-state index is 11.9. The van der Waals surface area contributed by atoms with Crippen LogP contribution in [-0.4, -0.2) is 10.9 Å². The lowest BCUT2D eigenvalue weighted by Gasteiger charge is -2.20. The van der Waals surface area contributed by atoms with E-state index in [0.29, 0.717) is 12.3 Å². The predicted octanol–water partition coefficient (Wildman–Crippen LogP) is 3.22. The second-order valence-electron chi connectivity index (χ2n) is 5.48. The molecular formula is C13H18N2OS. The molecule has 0 saturated heterocycles. The summed E-state index contributed by atoms with van der Waals surface area (Å²) >= 11 is 1.51. The number of nitrogens with zero attached hydrogens (tertiary/aromatic N) is 1. The molecule has 4 heteroatoms. The summed E-state index contributed by atoms with van der Waals surface area (Å²) in [4.78, 5) is 16.2. The number of aromatic nitrogens is 1. The second kappa shape index (κ2) is 4.41. The Bertz CT molecular complexity index is 429. The molecule has 2 aliphatic carbocycles. The van der Waals surface area contributed by atoms with Gasteiger partial charge in [-0.3, -0.25) is 4.79 Å². The number of rotatable bonds is 3. The van der Waals surface area contributed by atoms with Crippen LogP contribution in [0.15, 0.2) is 5.38 Å². The minimum Gasteiger partial charge on any atom is -0.302 e. The van der Waals surface area contributed by atoms with Crippen molar-refractivity contribution in [2.24, 2.45) is 17.8 Å². The Hall–Kier alpha value is -0.900. The summed E-state index contributed by atoms with van der Waals surface area (Å²) in [6.07, 6.45) is 6.08. The van der Waals surface area contributed by atoms with Crippen LogP contribution in [0.3, 0.4) is 0 Å². The summed E-state index contributed by atoms with van der Waals surface area (Å²) < 4.78 is 0. The Balaban J connectivity index is 1.54. The van der Waals surface area contributed by atoms with Crippen LogP contribution in [0.4, 0.5) is 5.13 Å². The van der Waals surface area contributed by atoms with E-state index in [-0.39, 0.29) is 5.91 Å². The van der Waals surface area contributed by atoms with E-state index in [1.54, 1.807) is 0 Å². The van der Waals surface area contributed by atoms with Gasteiger partial charge in [0, 0.05) is 11.8 Å². The van der Waals surface area contributed by atoms with Crippen LogP contribution >= 0.6 is 11.3 Å². The number of thiazole rings is 1. The average molecular weight is 250 g/mol. The van der Waals surface area contributed by atoms with Crippen molar-refractivity contribution < 1.29 is 4.79 Å². The summed E-state index contributed by atoms with van der Waals surface area (Å²) in [6.45, 7) is 1.95. The van der Waals surface area contributed by atoms with Crippen LogP contribution in [0.1, 0.15) is 37.8 Å². The van der Waals surface area contributed by atoms with Crippen molar-refractivity contribution in [3.8, 4) is 0 Å². The van der Waals surface area contributed by atoms with E-state index in [0.717, 1.165) is 22.7 Å². The minimum absolute atomic E-state index is 0.150. The van der Waals surface area contributed by atoms with Crippen molar-refractivity contribution in [1.29, 1.82) is 0 Å². The Kier molecular flexibility index (Phi) is 2.90. The standard InChI is InChI=1S/C13H18N2OS/c1-8-7-17-13(14-8)15-12(16)6-11-5-9-2-3-10(11)4-9/h7,9-11H,2-6H2,1H3,(H,14,15,16). The molecule has 1 aromatic rings. The molecule has 1 aromatic heterocycles. The zero-order valence-electron chi connectivity index (χ0n) is 10.1. The third kappa shape index (κ3) is 2.37. The second-order valence-corrected chi connectivity index (χ2v) is 6.34. The molecule has 92 valence electrons. The van der Waals surface area contributed by atoms with Crippen molar-refractivity contribution in [3.05, 3.63) is 11.1 Å². The van der Waals surface area contributed by atoms with Gasteiger partial charge in [-0.15, -0.1) is 11.3 Å². The van der Waals surface area contributed by atoms with Crippen LogP contribution < -0.4 is 5.32 Å². The highest BCUT2D eigenvalue weighted by Gasteiger charge is 2.40. The van der Waals surface area contributed by atoms with Gasteiger partial charge in [-0.2, -0.15) is 0 Å². The number of carbonyl (C=O) groups is 1. The van der Waals surface area contributed by atoms with E-state index >= 15 is 0 Å². The van der Waals surface area contributed by atoms with Crippen LogP contribution in [0.2, 0.25) is 0 Å². The molecule has 0 aliphatic heterocycles. The summed E-state index contributed by atoms with van der Waals surface area (Å²) in [7, 11) is 0. The van der Waals surface area contributed by atoms with Crippen LogP contribution in [0.5, 0.6) is 0 Å². The SMILES string of the molecule is Cc1csc(NC(=O)CC2CC3CCC2C3)n1. The highest BCUT2D eigenvalue weighted by atomic mass is 32.1. The van der Waals surface area contributed by atoms with Gasteiger partial charge in [0.1, 0.15) is 0 Å². The molecule has 2 saturated carbocycles. The first kappa shape index (κ1) is 11.2. The number of aryl methyl sites for hydroxylation is 1. The fourth-order valence-corrected chi connectivity index (χ4v) is 4.15. The van der Waals surface area contributed by atoms with E-state index in [1.165, 1.54) is 37.0 Å². The molecule has 2 bridgehead atoms. The van der Waals surface area contributed by atoms with Gasteiger partial charge in [0.15, 0.2) is 5.13 Å². The number of hydrogen-bond donors (Lipinski definition) is 1. The van der Waals surface area contributed by atoms with E-state index in [4.69, 9.17) is 0 Å². The molecule has 3 unspecified atom stereocenters. The Morgan fingerprint density at radius 3 is 3.00 bits per heavy atom. The van der Waals surface area contributed by atoms with Gasteiger partial charge in [-0.25, -0.2) is 4.98 Å². The molecule has 0 radical (unpaired) electrons.